The SMILES string of the molecule is COc1ccc(-c2nnc(SCC(=O)OCc3ccccc3)n2-c2ccc(Cl)c(Cl)c2)cc1. The molecule has 0 radical (unpaired) electrons. The molecule has 0 spiro atoms. The minimum absolute atomic E-state index is 0.0783. The lowest BCUT2D eigenvalue weighted by Crippen LogP contribution is -2.08. The van der Waals surface area contributed by atoms with Gasteiger partial charge in [-0.25, -0.2) is 0 Å². The molecule has 3 aromatic carbocycles. The van der Waals surface area contributed by atoms with Crippen LogP contribution in [0.25, 0.3) is 17.1 Å². The highest BCUT2D eigenvalue weighted by Crippen LogP contribution is 2.32. The van der Waals surface area contributed by atoms with E-state index in [1.165, 1.54) is 11.8 Å². The van der Waals surface area contributed by atoms with Crippen molar-refractivity contribution in [2.24, 2.45) is 0 Å². The van der Waals surface area contributed by atoms with Crippen LogP contribution in [-0.2, 0) is 16.1 Å². The number of carbonyl (C=O) groups is 1. The zero-order valence-electron chi connectivity index (χ0n) is 17.6. The normalized spacial score (nSPS) is 10.8. The molecule has 1 heterocycles. The fourth-order valence-electron chi connectivity index (χ4n) is 3.05. The molecule has 0 aliphatic heterocycles. The smallest absolute Gasteiger partial charge is 0.316 e. The van der Waals surface area contributed by atoms with Crippen molar-refractivity contribution >= 4 is 40.9 Å². The summed E-state index contributed by atoms with van der Waals surface area (Å²) in [4.78, 5) is 12.3. The van der Waals surface area contributed by atoms with Gasteiger partial charge in [-0.05, 0) is 48.0 Å². The lowest BCUT2D eigenvalue weighted by Gasteiger charge is -2.12. The van der Waals surface area contributed by atoms with Gasteiger partial charge in [0.1, 0.15) is 12.4 Å². The Morgan fingerprint density at radius 2 is 1.73 bits per heavy atom. The highest BCUT2D eigenvalue weighted by Gasteiger charge is 2.18. The van der Waals surface area contributed by atoms with E-state index in [0.717, 1.165) is 22.6 Å². The Morgan fingerprint density at radius 3 is 2.42 bits per heavy atom. The van der Waals surface area contributed by atoms with Crippen LogP contribution in [0.4, 0.5) is 0 Å². The van der Waals surface area contributed by atoms with Gasteiger partial charge in [-0.15, -0.1) is 10.2 Å². The van der Waals surface area contributed by atoms with E-state index in [9.17, 15) is 4.79 Å². The van der Waals surface area contributed by atoms with Crippen molar-refractivity contribution in [2.45, 2.75) is 11.8 Å². The maximum Gasteiger partial charge on any atom is 0.316 e. The highest BCUT2D eigenvalue weighted by molar-refractivity contribution is 7.99. The lowest BCUT2D eigenvalue weighted by molar-refractivity contribution is -0.141. The number of benzene rings is 3. The van der Waals surface area contributed by atoms with E-state index < -0.39 is 0 Å². The quantitative estimate of drug-likeness (QED) is 0.216. The van der Waals surface area contributed by atoms with Gasteiger partial charge in [-0.3, -0.25) is 9.36 Å². The molecule has 1 aromatic heterocycles. The molecule has 0 N–H and O–H groups in total. The molecule has 9 heteroatoms. The van der Waals surface area contributed by atoms with E-state index in [0.29, 0.717) is 21.0 Å². The van der Waals surface area contributed by atoms with Crippen molar-refractivity contribution in [3.63, 3.8) is 0 Å². The van der Waals surface area contributed by atoms with Crippen molar-refractivity contribution < 1.29 is 14.3 Å². The fraction of sp³-hybridized carbons (Fsp3) is 0.125. The second kappa shape index (κ2) is 10.7. The van der Waals surface area contributed by atoms with Crippen LogP contribution in [0, 0.1) is 0 Å². The summed E-state index contributed by atoms with van der Waals surface area (Å²) >= 11 is 13.6. The number of rotatable bonds is 8. The Morgan fingerprint density at radius 1 is 0.970 bits per heavy atom. The van der Waals surface area contributed by atoms with Gasteiger partial charge in [-0.2, -0.15) is 0 Å². The first-order chi connectivity index (χ1) is 16.0. The molecule has 0 aliphatic rings. The van der Waals surface area contributed by atoms with Crippen LogP contribution in [0.15, 0.2) is 78.0 Å². The second-order valence-electron chi connectivity index (χ2n) is 6.90. The average molecular weight is 500 g/mol. The number of hydrogen-bond acceptors (Lipinski definition) is 6. The van der Waals surface area contributed by atoms with Crippen molar-refractivity contribution in [3.8, 4) is 22.8 Å². The summed E-state index contributed by atoms with van der Waals surface area (Å²) in [5, 5.41) is 10.1. The molecule has 4 aromatic rings. The number of halogens is 2. The van der Waals surface area contributed by atoms with E-state index >= 15 is 0 Å². The first-order valence-electron chi connectivity index (χ1n) is 9.93. The maximum absolute atomic E-state index is 12.3. The fourth-order valence-corrected chi connectivity index (χ4v) is 4.09. The topological polar surface area (TPSA) is 66.2 Å². The highest BCUT2D eigenvalue weighted by atomic mass is 35.5. The van der Waals surface area contributed by atoms with E-state index in [1.807, 2.05) is 65.2 Å². The Balaban J connectivity index is 1.58. The van der Waals surface area contributed by atoms with Gasteiger partial charge in [0.15, 0.2) is 11.0 Å². The summed E-state index contributed by atoms with van der Waals surface area (Å²) in [7, 11) is 1.61. The third-order valence-corrected chi connectivity index (χ3v) is 6.35. The van der Waals surface area contributed by atoms with Crippen molar-refractivity contribution in [1.82, 2.24) is 14.8 Å². The van der Waals surface area contributed by atoms with Gasteiger partial charge in [0.05, 0.1) is 28.6 Å². The van der Waals surface area contributed by atoms with Crippen LogP contribution in [0.3, 0.4) is 0 Å². The number of esters is 1. The summed E-state index contributed by atoms with van der Waals surface area (Å²) in [6, 6.07) is 22.3. The summed E-state index contributed by atoms with van der Waals surface area (Å²) in [5.41, 5.74) is 2.48. The first kappa shape index (κ1) is 23.2. The van der Waals surface area contributed by atoms with Gasteiger partial charge in [0, 0.05) is 5.56 Å². The van der Waals surface area contributed by atoms with Crippen molar-refractivity contribution in [1.29, 1.82) is 0 Å². The Kier molecular flexibility index (Phi) is 7.54. The predicted molar refractivity (Wildman–Crippen MR) is 130 cm³/mol. The Hall–Kier alpha value is -3.00. The third kappa shape index (κ3) is 5.68. The average Bonchev–Trinajstić information content (AvgIpc) is 3.28. The van der Waals surface area contributed by atoms with Gasteiger partial charge in [0.2, 0.25) is 0 Å². The summed E-state index contributed by atoms with van der Waals surface area (Å²) < 4.78 is 12.5. The number of thioether (sulfide) groups is 1. The second-order valence-corrected chi connectivity index (χ2v) is 8.66. The van der Waals surface area contributed by atoms with Crippen LogP contribution >= 0.6 is 35.0 Å². The lowest BCUT2D eigenvalue weighted by atomic mass is 10.2. The van der Waals surface area contributed by atoms with Gasteiger partial charge >= 0.3 is 5.97 Å². The van der Waals surface area contributed by atoms with E-state index in [2.05, 4.69) is 10.2 Å². The number of nitrogens with zero attached hydrogens (tertiary/aromatic N) is 3. The summed E-state index contributed by atoms with van der Waals surface area (Å²) in [6.45, 7) is 0.219. The largest absolute Gasteiger partial charge is 0.497 e. The zero-order valence-corrected chi connectivity index (χ0v) is 19.9. The van der Waals surface area contributed by atoms with Crippen LogP contribution in [0.5, 0.6) is 5.75 Å². The third-order valence-electron chi connectivity index (χ3n) is 4.70. The number of carbonyl (C=O) groups excluding carboxylic acids is 1. The van der Waals surface area contributed by atoms with Gasteiger partial charge in [-0.1, -0.05) is 65.3 Å². The predicted octanol–water partition coefficient (Wildman–Crippen LogP) is 6.09. The van der Waals surface area contributed by atoms with Crippen LogP contribution in [-0.4, -0.2) is 33.6 Å². The Bertz CT molecular complexity index is 1250. The molecule has 0 amide bonds. The summed E-state index contributed by atoms with van der Waals surface area (Å²) in [5.74, 6) is 1.05. The van der Waals surface area contributed by atoms with Gasteiger partial charge < -0.3 is 9.47 Å². The van der Waals surface area contributed by atoms with Crippen LogP contribution in [0.1, 0.15) is 5.56 Å². The number of hydrogen-bond donors (Lipinski definition) is 0. The summed E-state index contributed by atoms with van der Waals surface area (Å²) in [6.07, 6.45) is 0. The molecular formula is C24H19Cl2N3O3S. The van der Waals surface area contributed by atoms with Crippen LogP contribution in [0.2, 0.25) is 10.0 Å². The number of ether oxygens (including phenoxy) is 2. The van der Waals surface area contributed by atoms with E-state index in [4.69, 9.17) is 32.7 Å². The monoisotopic (exact) mass is 499 g/mol. The Labute approximate surface area is 205 Å². The maximum atomic E-state index is 12.3. The molecule has 0 saturated carbocycles. The van der Waals surface area contributed by atoms with E-state index in [-0.39, 0.29) is 18.3 Å². The minimum Gasteiger partial charge on any atom is -0.497 e. The first-order valence-corrected chi connectivity index (χ1v) is 11.7. The minimum atomic E-state index is -0.349. The molecule has 33 heavy (non-hydrogen) atoms. The molecule has 0 aliphatic carbocycles. The molecule has 6 nitrogen and oxygen atoms in total. The molecule has 4 rings (SSSR count). The standard InChI is InChI=1S/C24H19Cl2N3O3S/c1-31-19-10-7-17(8-11-19)23-27-28-24(29(23)18-9-12-20(25)21(26)13-18)33-15-22(30)32-14-16-5-3-2-4-6-16/h2-13H,14-15H2,1H3. The molecule has 0 saturated heterocycles. The van der Waals surface area contributed by atoms with E-state index in [1.54, 1.807) is 19.2 Å². The molecular weight excluding hydrogens is 481 g/mol. The number of aromatic nitrogens is 3. The molecule has 0 atom stereocenters. The zero-order chi connectivity index (χ0) is 23.2. The van der Waals surface area contributed by atoms with Crippen molar-refractivity contribution in [2.75, 3.05) is 12.9 Å². The van der Waals surface area contributed by atoms with Gasteiger partial charge in [0.25, 0.3) is 0 Å². The van der Waals surface area contributed by atoms with Crippen LogP contribution < -0.4 is 4.74 Å². The molecule has 0 fully saturated rings. The molecule has 0 bridgehead atoms. The molecule has 0 unspecified atom stereocenters. The van der Waals surface area contributed by atoms with Crippen molar-refractivity contribution in [3.05, 3.63) is 88.4 Å². The molecule has 168 valence electrons. The number of methoxy groups -OCH3 is 1.